The van der Waals surface area contributed by atoms with E-state index < -0.39 is 36.3 Å². The molecule has 1 heterocycles. The predicted molar refractivity (Wildman–Crippen MR) is 126 cm³/mol. The summed E-state index contributed by atoms with van der Waals surface area (Å²) in [5.41, 5.74) is 1.37. The maximum absolute atomic E-state index is 12.8. The molecule has 2 aliphatic rings. The van der Waals surface area contributed by atoms with Gasteiger partial charge in [-0.25, -0.2) is 9.59 Å². The van der Waals surface area contributed by atoms with Crippen molar-refractivity contribution in [1.82, 2.24) is 15.5 Å². The highest BCUT2D eigenvalue weighted by atomic mass is 16.5. The summed E-state index contributed by atoms with van der Waals surface area (Å²) in [6, 6.07) is 13.0. The van der Waals surface area contributed by atoms with Crippen LogP contribution in [0.2, 0.25) is 0 Å². The van der Waals surface area contributed by atoms with Crippen LogP contribution in [0.3, 0.4) is 0 Å². The summed E-state index contributed by atoms with van der Waals surface area (Å²) in [7, 11) is 0. The zero-order chi connectivity index (χ0) is 24.8. The normalized spacial score (nSPS) is 15.5. The van der Waals surface area contributed by atoms with Gasteiger partial charge in [-0.05, 0) is 43.0 Å². The first-order valence-electron chi connectivity index (χ1n) is 11.7. The van der Waals surface area contributed by atoms with Crippen molar-refractivity contribution < 1.29 is 28.7 Å². The molecule has 9 heteroatoms. The topological polar surface area (TPSA) is 122 Å². The Balaban J connectivity index is 1.29. The van der Waals surface area contributed by atoms with Crippen LogP contribution in [0.15, 0.2) is 48.5 Å². The highest BCUT2D eigenvalue weighted by Crippen LogP contribution is 2.25. The molecule has 0 spiro atoms. The molecule has 0 saturated heterocycles. The number of carbonyl (C=O) groups is 5. The molecule has 0 aromatic heterocycles. The van der Waals surface area contributed by atoms with Crippen LogP contribution in [-0.4, -0.2) is 53.8 Å². The lowest BCUT2D eigenvalue weighted by Gasteiger charge is -2.22. The van der Waals surface area contributed by atoms with E-state index in [9.17, 15) is 24.0 Å². The maximum Gasteiger partial charge on any atom is 0.338 e. The molecule has 2 N–H and O–H groups in total. The van der Waals surface area contributed by atoms with Gasteiger partial charge in [-0.15, -0.1) is 0 Å². The van der Waals surface area contributed by atoms with Crippen molar-refractivity contribution in [1.29, 1.82) is 0 Å². The van der Waals surface area contributed by atoms with Gasteiger partial charge in [-0.2, -0.15) is 0 Å². The van der Waals surface area contributed by atoms with Crippen molar-refractivity contribution in [2.75, 3.05) is 13.2 Å². The van der Waals surface area contributed by atoms with Gasteiger partial charge in [-0.3, -0.25) is 24.6 Å². The maximum atomic E-state index is 12.8. The fourth-order valence-corrected chi connectivity index (χ4v) is 4.35. The van der Waals surface area contributed by atoms with Gasteiger partial charge in [-0.1, -0.05) is 49.6 Å². The molecule has 1 aliphatic heterocycles. The second-order valence-electron chi connectivity index (χ2n) is 8.69. The Hall–Kier alpha value is -4.01. The van der Waals surface area contributed by atoms with Gasteiger partial charge in [0.2, 0.25) is 0 Å². The lowest BCUT2D eigenvalue weighted by atomic mass is 9.96. The second kappa shape index (κ2) is 10.9. The monoisotopic (exact) mass is 477 g/mol. The smallest absolute Gasteiger partial charge is 0.338 e. The average molecular weight is 478 g/mol. The van der Waals surface area contributed by atoms with Gasteiger partial charge >= 0.3 is 12.0 Å². The van der Waals surface area contributed by atoms with Crippen molar-refractivity contribution in [3.8, 4) is 0 Å². The van der Waals surface area contributed by atoms with Crippen LogP contribution < -0.4 is 10.6 Å². The molecule has 182 valence electrons. The first kappa shape index (κ1) is 24.1. The molecule has 2 aromatic carbocycles. The largest absolute Gasteiger partial charge is 0.452 e. The number of nitrogens with one attached hydrogen (secondary N) is 2. The van der Waals surface area contributed by atoms with E-state index in [4.69, 9.17) is 4.74 Å². The third-order valence-corrected chi connectivity index (χ3v) is 6.20. The SMILES string of the molecule is O=C(COC(=O)c1ccc2c(c1)C(=O)N(CCc1ccccc1)C2=O)NC(=O)NC1CCCCC1. The van der Waals surface area contributed by atoms with Gasteiger partial charge < -0.3 is 10.1 Å². The molecule has 0 atom stereocenters. The van der Waals surface area contributed by atoms with E-state index in [0.717, 1.165) is 42.6 Å². The minimum absolute atomic E-state index is 0.0364. The van der Waals surface area contributed by atoms with Crippen molar-refractivity contribution in [3.05, 3.63) is 70.8 Å². The van der Waals surface area contributed by atoms with Gasteiger partial charge in [0.15, 0.2) is 6.61 Å². The average Bonchev–Trinajstić information content (AvgIpc) is 3.11. The first-order valence-corrected chi connectivity index (χ1v) is 11.7. The number of urea groups is 1. The van der Waals surface area contributed by atoms with Gasteiger partial charge in [0, 0.05) is 12.6 Å². The number of ether oxygens (including phenoxy) is 1. The third kappa shape index (κ3) is 5.92. The van der Waals surface area contributed by atoms with Crippen molar-refractivity contribution in [2.45, 2.75) is 44.6 Å². The van der Waals surface area contributed by atoms with Gasteiger partial charge in [0.05, 0.1) is 16.7 Å². The van der Waals surface area contributed by atoms with E-state index in [2.05, 4.69) is 10.6 Å². The minimum atomic E-state index is -0.835. The Bertz CT molecular complexity index is 1140. The van der Waals surface area contributed by atoms with E-state index in [1.54, 1.807) is 0 Å². The van der Waals surface area contributed by atoms with Gasteiger partial charge in [0.1, 0.15) is 0 Å². The molecule has 0 bridgehead atoms. The molecular formula is C26H27N3O6. The van der Waals surface area contributed by atoms with Crippen LogP contribution in [0, 0.1) is 0 Å². The Labute approximate surface area is 202 Å². The molecule has 9 nitrogen and oxygen atoms in total. The molecule has 2 aromatic rings. The zero-order valence-corrected chi connectivity index (χ0v) is 19.2. The Morgan fingerprint density at radius 1 is 0.914 bits per heavy atom. The number of imide groups is 2. The Kier molecular flexibility index (Phi) is 7.54. The summed E-state index contributed by atoms with van der Waals surface area (Å²) in [5, 5.41) is 4.90. The van der Waals surface area contributed by atoms with Crippen molar-refractivity contribution in [3.63, 3.8) is 0 Å². The van der Waals surface area contributed by atoms with Crippen molar-refractivity contribution in [2.24, 2.45) is 0 Å². The molecule has 5 amide bonds. The molecule has 0 unspecified atom stereocenters. The number of fused-ring (bicyclic) bond motifs is 1. The Morgan fingerprint density at radius 2 is 1.63 bits per heavy atom. The summed E-state index contributed by atoms with van der Waals surface area (Å²) in [4.78, 5) is 63.0. The molecule has 1 saturated carbocycles. The van der Waals surface area contributed by atoms with Crippen LogP contribution >= 0.6 is 0 Å². The number of esters is 1. The number of carbonyl (C=O) groups excluding carboxylic acids is 5. The van der Waals surface area contributed by atoms with Crippen LogP contribution in [0.1, 0.15) is 68.7 Å². The van der Waals surface area contributed by atoms with Gasteiger partial charge in [0.25, 0.3) is 17.7 Å². The van der Waals surface area contributed by atoms with Crippen LogP contribution in [0.25, 0.3) is 0 Å². The fourth-order valence-electron chi connectivity index (χ4n) is 4.35. The standard InChI is InChI=1S/C26H27N3O6/c30-22(28-26(34)27-19-9-5-2-6-10-19)16-35-25(33)18-11-12-20-21(15-18)24(32)29(23(20)31)14-13-17-7-3-1-4-8-17/h1,3-4,7-8,11-12,15,19H,2,5-6,9-10,13-14,16H2,(H2,27,28,30,34). The van der Waals surface area contributed by atoms with E-state index in [-0.39, 0.29) is 29.3 Å². The van der Waals surface area contributed by atoms with Crippen LogP contribution in [0.5, 0.6) is 0 Å². The highest BCUT2D eigenvalue weighted by molar-refractivity contribution is 6.22. The highest BCUT2D eigenvalue weighted by Gasteiger charge is 2.35. The lowest BCUT2D eigenvalue weighted by molar-refractivity contribution is -0.123. The summed E-state index contributed by atoms with van der Waals surface area (Å²) in [5.74, 6) is -2.48. The second-order valence-corrected chi connectivity index (χ2v) is 8.69. The molecule has 1 fully saturated rings. The first-order chi connectivity index (χ1) is 16.9. The zero-order valence-electron chi connectivity index (χ0n) is 19.2. The lowest BCUT2D eigenvalue weighted by Crippen LogP contribution is -2.46. The van der Waals surface area contributed by atoms with E-state index in [1.165, 1.54) is 18.2 Å². The van der Waals surface area contributed by atoms with E-state index >= 15 is 0 Å². The number of rotatable bonds is 7. The molecule has 0 radical (unpaired) electrons. The fraction of sp³-hybridized carbons (Fsp3) is 0.346. The van der Waals surface area contributed by atoms with Crippen LogP contribution in [0.4, 0.5) is 4.79 Å². The summed E-state index contributed by atoms with van der Waals surface area (Å²) >= 11 is 0. The van der Waals surface area contributed by atoms with Crippen LogP contribution in [-0.2, 0) is 16.0 Å². The Morgan fingerprint density at radius 3 is 2.37 bits per heavy atom. The number of hydrogen-bond donors (Lipinski definition) is 2. The molecule has 4 rings (SSSR count). The summed E-state index contributed by atoms with van der Waals surface area (Å²) in [6.45, 7) is -0.427. The molecule has 1 aliphatic carbocycles. The number of hydrogen-bond acceptors (Lipinski definition) is 6. The number of amides is 5. The third-order valence-electron chi connectivity index (χ3n) is 6.20. The number of benzene rings is 2. The summed E-state index contributed by atoms with van der Waals surface area (Å²) in [6.07, 6.45) is 5.49. The minimum Gasteiger partial charge on any atom is -0.452 e. The van der Waals surface area contributed by atoms with Crippen molar-refractivity contribution >= 4 is 29.7 Å². The number of nitrogens with zero attached hydrogens (tertiary/aromatic N) is 1. The predicted octanol–water partition coefficient (Wildman–Crippen LogP) is 2.84. The molecule has 35 heavy (non-hydrogen) atoms. The van der Waals surface area contributed by atoms with E-state index in [1.807, 2.05) is 30.3 Å². The quantitative estimate of drug-likeness (QED) is 0.467. The van der Waals surface area contributed by atoms with E-state index in [0.29, 0.717) is 6.42 Å². The molecular weight excluding hydrogens is 450 g/mol. The summed E-state index contributed by atoms with van der Waals surface area (Å²) < 4.78 is 4.99.